The topological polar surface area (TPSA) is 26.3 Å². The number of ether oxygens (including phenoxy) is 1. The lowest BCUT2D eigenvalue weighted by Gasteiger charge is -2.25. The number of hydrogen-bond donors (Lipinski definition) is 0. The Hall–Kier alpha value is -0.530. The second-order valence-electron chi connectivity index (χ2n) is 4.92. The lowest BCUT2D eigenvalue weighted by molar-refractivity contribution is -0.160. The Balaban J connectivity index is 2.35. The Morgan fingerprint density at radius 2 is 1.69 bits per heavy atom. The van der Waals surface area contributed by atoms with Gasteiger partial charge < -0.3 is 4.74 Å². The summed E-state index contributed by atoms with van der Waals surface area (Å²) in [6.45, 7) is 5.70. The Morgan fingerprint density at radius 3 is 2.15 bits per heavy atom. The van der Waals surface area contributed by atoms with Gasteiger partial charge in [-0.2, -0.15) is 0 Å². The first-order valence-electron chi connectivity index (χ1n) is 5.21. The van der Waals surface area contributed by atoms with Crippen molar-refractivity contribution >= 4 is 5.97 Å². The molecule has 2 nitrogen and oxygen atoms in total. The summed E-state index contributed by atoms with van der Waals surface area (Å²) in [5.74, 6) is -0.0561. The van der Waals surface area contributed by atoms with Crippen molar-refractivity contribution in [3.8, 4) is 0 Å². The highest BCUT2D eigenvalue weighted by atomic mass is 16.5. The molecule has 0 N–H and O–H groups in total. The van der Waals surface area contributed by atoms with E-state index >= 15 is 0 Å². The van der Waals surface area contributed by atoms with Crippen LogP contribution in [-0.2, 0) is 9.53 Å². The van der Waals surface area contributed by atoms with Crippen molar-refractivity contribution in [1.29, 1.82) is 0 Å². The Bertz CT molecular complexity index is 173. The standard InChI is InChI=1S/C11H20O2/c1-11(2,3)10(12)13-9-7-5-4-6-8-9/h9H,4-8H2,1-3H3. The van der Waals surface area contributed by atoms with Crippen LogP contribution in [0.4, 0.5) is 0 Å². The van der Waals surface area contributed by atoms with Crippen LogP contribution in [0.2, 0.25) is 0 Å². The van der Waals surface area contributed by atoms with E-state index in [0.29, 0.717) is 0 Å². The van der Waals surface area contributed by atoms with Crippen molar-refractivity contribution in [2.45, 2.75) is 59.0 Å². The van der Waals surface area contributed by atoms with E-state index in [9.17, 15) is 4.79 Å². The second kappa shape index (κ2) is 4.12. The summed E-state index contributed by atoms with van der Waals surface area (Å²) in [7, 11) is 0. The molecule has 76 valence electrons. The van der Waals surface area contributed by atoms with Gasteiger partial charge in [0.25, 0.3) is 0 Å². The summed E-state index contributed by atoms with van der Waals surface area (Å²) in [5.41, 5.74) is -0.350. The Labute approximate surface area is 80.7 Å². The van der Waals surface area contributed by atoms with Gasteiger partial charge in [0.05, 0.1) is 5.41 Å². The summed E-state index contributed by atoms with van der Waals surface area (Å²) >= 11 is 0. The zero-order valence-electron chi connectivity index (χ0n) is 8.93. The highest BCUT2D eigenvalue weighted by Crippen LogP contribution is 2.24. The van der Waals surface area contributed by atoms with Crippen molar-refractivity contribution in [3.63, 3.8) is 0 Å². The molecule has 0 unspecified atom stereocenters. The quantitative estimate of drug-likeness (QED) is 0.586. The van der Waals surface area contributed by atoms with E-state index in [2.05, 4.69) is 0 Å². The van der Waals surface area contributed by atoms with Crippen LogP contribution in [0.3, 0.4) is 0 Å². The van der Waals surface area contributed by atoms with Gasteiger partial charge in [-0.25, -0.2) is 0 Å². The summed E-state index contributed by atoms with van der Waals surface area (Å²) in [4.78, 5) is 11.5. The highest BCUT2D eigenvalue weighted by molar-refractivity contribution is 5.75. The molecule has 0 saturated heterocycles. The smallest absolute Gasteiger partial charge is 0.311 e. The maximum Gasteiger partial charge on any atom is 0.311 e. The monoisotopic (exact) mass is 184 g/mol. The molecule has 0 heterocycles. The molecule has 0 aromatic rings. The highest BCUT2D eigenvalue weighted by Gasteiger charge is 2.26. The van der Waals surface area contributed by atoms with Gasteiger partial charge in [0.1, 0.15) is 6.10 Å². The summed E-state index contributed by atoms with van der Waals surface area (Å²) < 4.78 is 5.42. The van der Waals surface area contributed by atoms with E-state index in [1.807, 2.05) is 20.8 Å². The van der Waals surface area contributed by atoms with E-state index in [4.69, 9.17) is 4.74 Å². The summed E-state index contributed by atoms with van der Waals surface area (Å²) in [5, 5.41) is 0. The molecular formula is C11H20O2. The molecule has 1 fully saturated rings. The zero-order valence-corrected chi connectivity index (χ0v) is 8.93. The van der Waals surface area contributed by atoms with Gasteiger partial charge in [0.2, 0.25) is 0 Å². The van der Waals surface area contributed by atoms with E-state index in [-0.39, 0.29) is 17.5 Å². The first kappa shape index (κ1) is 10.6. The molecule has 13 heavy (non-hydrogen) atoms. The molecule has 1 aliphatic carbocycles. The fourth-order valence-electron chi connectivity index (χ4n) is 1.51. The normalized spacial score (nSPS) is 19.9. The maximum atomic E-state index is 11.5. The van der Waals surface area contributed by atoms with Gasteiger partial charge in [-0.1, -0.05) is 6.42 Å². The zero-order chi connectivity index (χ0) is 9.90. The minimum absolute atomic E-state index is 0.0561. The Kier molecular flexibility index (Phi) is 3.34. The predicted molar refractivity (Wildman–Crippen MR) is 52.4 cm³/mol. The third kappa shape index (κ3) is 3.37. The molecule has 1 rings (SSSR count). The number of esters is 1. The van der Waals surface area contributed by atoms with Crippen LogP contribution in [-0.4, -0.2) is 12.1 Å². The minimum Gasteiger partial charge on any atom is -0.462 e. The van der Waals surface area contributed by atoms with Crippen LogP contribution in [0.5, 0.6) is 0 Å². The molecule has 0 aromatic heterocycles. The third-order valence-electron chi connectivity index (χ3n) is 2.44. The van der Waals surface area contributed by atoms with Gasteiger partial charge >= 0.3 is 5.97 Å². The van der Waals surface area contributed by atoms with Gasteiger partial charge in [-0.3, -0.25) is 4.79 Å². The van der Waals surface area contributed by atoms with E-state index < -0.39 is 0 Å². The Morgan fingerprint density at radius 1 is 1.15 bits per heavy atom. The molecule has 1 saturated carbocycles. The van der Waals surface area contributed by atoms with Crippen molar-refractivity contribution in [2.75, 3.05) is 0 Å². The number of rotatable bonds is 1. The molecule has 0 spiro atoms. The van der Waals surface area contributed by atoms with Gasteiger partial charge in [0, 0.05) is 0 Å². The second-order valence-corrected chi connectivity index (χ2v) is 4.92. The molecule has 0 amide bonds. The van der Waals surface area contributed by atoms with Gasteiger partial charge in [-0.05, 0) is 46.5 Å². The van der Waals surface area contributed by atoms with E-state index in [1.165, 1.54) is 19.3 Å². The molecule has 0 bridgehead atoms. The molecule has 1 aliphatic rings. The van der Waals surface area contributed by atoms with Crippen LogP contribution in [0.25, 0.3) is 0 Å². The first-order chi connectivity index (χ1) is 6.00. The summed E-state index contributed by atoms with van der Waals surface area (Å²) in [6.07, 6.45) is 6.03. The molecule has 0 aliphatic heterocycles. The van der Waals surface area contributed by atoms with Gasteiger partial charge in [-0.15, -0.1) is 0 Å². The lowest BCUT2D eigenvalue weighted by atomic mass is 9.95. The van der Waals surface area contributed by atoms with E-state index in [1.54, 1.807) is 0 Å². The van der Waals surface area contributed by atoms with Crippen LogP contribution in [0.1, 0.15) is 52.9 Å². The summed E-state index contributed by atoms with van der Waals surface area (Å²) in [6, 6.07) is 0. The predicted octanol–water partition coefficient (Wildman–Crippen LogP) is 2.91. The molecular weight excluding hydrogens is 164 g/mol. The average Bonchev–Trinajstić information content (AvgIpc) is 2.04. The van der Waals surface area contributed by atoms with Crippen molar-refractivity contribution in [3.05, 3.63) is 0 Å². The number of hydrogen-bond acceptors (Lipinski definition) is 2. The van der Waals surface area contributed by atoms with Gasteiger partial charge in [0.15, 0.2) is 0 Å². The fraction of sp³-hybridized carbons (Fsp3) is 0.909. The van der Waals surface area contributed by atoms with Crippen LogP contribution >= 0.6 is 0 Å². The maximum absolute atomic E-state index is 11.5. The molecule has 0 atom stereocenters. The number of carbonyl (C=O) groups is 1. The molecule has 0 aromatic carbocycles. The number of carbonyl (C=O) groups excluding carboxylic acids is 1. The first-order valence-corrected chi connectivity index (χ1v) is 5.21. The average molecular weight is 184 g/mol. The fourth-order valence-corrected chi connectivity index (χ4v) is 1.51. The van der Waals surface area contributed by atoms with Crippen molar-refractivity contribution < 1.29 is 9.53 Å². The SMILES string of the molecule is CC(C)(C)C(=O)OC1CCCCC1. The minimum atomic E-state index is -0.350. The van der Waals surface area contributed by atoms with Crippen LogP contribution in [0.15, 0.2) is 0 Å². The molecule has 2 heteroatoms. The largest absolute Gasteiger partial charge is 0.462 e. The lowest BCUT2D eigenvalue weighted by Crippen LogP contribution is -2.29. The molecule has 0 radical (unpaired) electrons. The van der Waals surface area contributed by atoms with Crippen molar-refractivity contribution in [1.82, 2.24) is 0 Å². The van der Waals surface area contributed by atoms with Crippen molar-refractivity contribution in [2.24, 2.45) is 5.41 Å². The van der Waals surface area contributed by atoms with E-state index in [0.717, 1.165) is 12.8 Å². The van der Waals surface area contributed by atoms with Crippen LogP contribution < -0.4 is 0 Å². The third-order valence-corrected chi connectivity index (χ3v) is 2.44. The van der Waals surface area contributed by atoms with Crippen LogP contribution in [0, 0.1) is 5.41 Å².